The molecule has 0 atom stereocenters. The van der Waals surface area contributed by atoms with Crippen LogP contribution >= 0.6 is 0 Å². The Balaban J connectivity index is 2.10. The van der Waals surface area contributed by atoms with Crippen LogP contribution in [-0.2, 0) is 4.74 Å². The Labute approximate surface area is 92.3 Å². The van der Waals surface area contributed by atoms with Crippen molar-refractivity contribution in [3.63, 3.8) is 0 Å². The van der Waals surface area contributed by atoms with Crippen molar-refractivity contribution < 1.29 is 13.5 Å². The van der Waals surface area contributed by atoms with Gasteiger partial charge in [-0.1, -0.05) is 6.07 Å². The molecule has 0 aliphatic carbocycles. The first-order chi connectivity index (χ1) is 7.77. The van der Waals surface area contributed by atoms with Gasteiger partial charge in [0.1, 0.15) is 11.6 Å². The van der Waals surface area contributed by atoms with Gasteiger partial charge in [-0.15, -0.1) is 0 Å². The van der Waals surface area contributed by atoms with E-state index in [1.54, 1.807) is 5.01 Å². The Kier molecular flexibility index (Phi) is 3.46. The fourth-order valence-corrected chi connectivity index (χ4v) is 1.44. The first kappa shape index (κ1) is 11.0. The number of halogens is 2. The number of hydrazone groups is 1. The molecule has 1 saturated heterocycles. The van der Waals surface area contributed by atoms with Crippen LogP contribution in [0.2, 0.25) is 0 Å². The molecule has 0 saturated carbocycles. The molecule has 1 aliphatic heterocycles. The average molecular weight is 226 g/mol. The maximum atomic E-state index is 13.2. The Morgan fingerprint density at radius 3 is 2.44 bits per heavy atom. The minimum absolute atomic E-state index is 0.103. The quantitative estimate of drug-likeness (QED) is 0.716. The molecule has 0 N–H and O–H groups in total. The summed E-state index contributed by atoms with van der Waals surface area (Å²) in [4.78, 5) is 0. The molecule has 16 heavy (non-hydrogen) atoms. The lowest BCUT2D eigenvalue weighted by Gasteiger charge is -2.23. The minimum atomic E-state index is -0.600. The van der Waals surface area contributed by atoms with E-state index in [0.717, 1.165) is 0 Å². The van der Waals surface area contributed by atoms with Crippen LogP contribution in [-0.4, -0.2) is 37.5 Å². The van der Waals surface area contributed by atoms with Gasteiger partial charge >= 0.3 is 0 Å². The van der Waals surface area contributed by atoms with Crippen LogP contribution in [0.5, 0.6) is 0 Å². The highest BCUT2D eigenvalue weighted by Gasteiger charge is 2.09. The zero-order valence-electron chi connectivity index (χ0n) is 8.70. The molecule has 0 unspecified atom stereocenters. The van der Waals surface area contributed by atoms with Crippen molar-refractivity contribution in [1.29, 1.82) is 0 Å². The molecule has 1 aromatic carbocycles. The first-order valence-corrected chi connectivity index (χ1v) is 5.08. The fourth-order valence-electron chi connectivity index (χ4n) is 1.44. The lowest BCUT2D eigenvalue weighted by atomic mass is 10.2. The zero-order chi connectivity index (χ0) is 11.4. The molecular weight excluding hydrogens is 214 g/mol. The predicted molar refractivity (Wildman–Crippen MR) is 56.3 cm³/mol. The summed E-state index contributed by atoms with van der Waals surface area (Å²) in [7, 11) is 0. The molecule has 0 bridgehead atoms. The summed E-state index contributed by atoms with van der Waals surface area (Å²) in [6, 6.07) is 3.75. The van der Waals surface area contributed by atoms with Crippen molar-refractivity contribution in [2.45, 2.75) is 0 Å². The average Bonchev–Trinajstić information content (AvgIpc) is 2.30. The monoisotopic (exact) mass is 226 g/mol. The highest BCUT2D eigenvalue weighted by atomic mass is 19.1. The summed E-state index contributed by atoms with van der Waals surface area (Å²) in [5, 5.41) is 5.75. The molecule has 1 heterocycles. The van der Waals surface area contributed by atoms with Crippen molar-refractivity contribution in [3.05, 3.63) is 35.4 Å². The molecule has 1 aromatic rings. The van der Waals surface area contributed by atoms with E-state index in [9.17, 15) is 8.78 Å². The molecule has 1 fully saturated rings. The largest absolute Gasteiger partial charge is 0.378 e. The molecule has 3 nitrogen and oxygen atoms in total. The van der Waals surface area contributed by atoms with Crippen LogP contribution in [0.25, 0.3) is 0 Å². The number of nitrogens with zero attached hydrogens (tertiary/aromatic N) is 2. The van der Waals surface area contributed by atoms with Gasteiger partial charge in [-0.25, -0.2) is 8.78 Å². The Morgan fingerprint density at radius 1 is 1.19 bits per heavy atom. The SMILES string of the molecule is Fc1cccc(F)c1/C=N/N1CCOCC1. The second-order valence-electron chi connectivity index (χ2n) is 3.45. The van der Waals surface area contributed by atoms with E-state index in [0.29, 0.717) is 26.3 Å². The van der Waals surface area contributed by atoms with Gasteiger partial charge in [-0.2, -0.15) is 5.10 Å². The topological polar surface area (TPSA) is 24.8 Å². The Hall–Kier alpha value is -1.49. The summed E-state index contributed by atoms with van der Waals surface area (Å²) in [6.07, 6.45) is 1.22. The Morgan fingerprint density at radius 2 is 1.81 bits per heavy atom. The molecule has 86 valence electrons. The molecule has 0 amide bonds. The van der Waals surface area contributed by atoms with E-state index in [1.165, 1.54) is 24.4 Å². The first-order valence-electron chi connectivity index (χ1n) is 5.08. The van der Waals surface area contributed by atoms with Crippen molar-refractivity contribution in [2.24, 2.45) is 5.10 Å². The van der Waals surface area contributed by atoms with E-state index in [4.69, 9.17) is 4.74 Å². The van der Waals surface area contributed by atoms with Crippen LogP contribution < -0.4 is 0 Å². The molecular formula is C11H12F2N2O. The van der Waals surface area contributed by atoms with Crippen LogP contribution in [0.15, 0.2) is 23.3 Å². The molecule has 1 aliphatic rings. The molecule has 0 spiro atoms. The maximum Gasteiger partial charge on any atom is 0.134 e. The van der Waals surface area contributed by atoms with Crippen molar-refractivity contribution >= 4 is 6.21 Å². The predicted octanol–water partition coefficient (Wildman–Crippen LogP) is 1.63. The van der Waals surface area contributed by atoms with Gasteiger partial charge in [-0.3, -0.25) is 5.01 Å². The number of hydrogen-bond acceptors (Lipinski definition) is 3. The van der Waals surface area contributed by atoms with E-state index in [1.807, 2.05) is 0 Å². The normalized spacial score (nSPS) is 17.0. The number of rotatable bonds is 2. The van der Waals surface area contributed by atoms with Gasteiger partial charge in [0.05, 0.1) is 38.1 Å². The second-order valence-corrected chi connectivity index (χ2v) is 3.45. The summed E-state index contributed by atoms with van der Waals surface area (Å²) >= 11 is 0. The van der Waals surface area contributed by atoms with Crippen LogP contribution in [0.3, 0.4) is 0 Å². The van der Waals surface area contributed by atoms with Gasteiger partial charge in [0, 0.05) is 0 Å². The minimum Gasteiger partial charge on any atom is -0.378 e. The summed E-state index contributed by atoms with van der Waals surface area (Å²) < 4.78 is 31.6. The summed E-state index contributed by atoms with van der Waals surface area (Å²) in [5.74, 6) is -1.20. The lowest BCUT2D eigenvalue weighted by Crippen LogP contribution is -2.32. The smallest absolute Gasteiger partial charge is 0.134 e. The summed E-state index contributed by atoms with van der Waals surface area (Å²) in [6.45, 7) is 2.48. The molecule has 2 rings (SSSR count). The maximum absolute atomic E-state index is 13.2. The molecule has 0 radical (unpaired) electrons. The van der Waals surface area contributed by atoms with Gasteiger partial charge in [0.2, 0.25) is 0 Å². The van der Waals surface area contributed by atoms with Crippen molar-refractivity contribution in [1.82, 2.24) is 5.01 Å². The Bertz CT molecular complexity index is 369. The van der Waals surface area contributed by atoms with Crippen LogP contribution in [0, 0.1) is 11.6 Å². The third-order valence-corrected chi connectivity index (χ3v) is 2.34. The van der Waals surface area contributed by atoms with E-state index < -0.39 is 11.6 Å². The fraction of sp³-hybridized carbons (Fsp3) is 0.364. The van der Waals surface area contributed by atoms with Gasteiger partial charge < -0.3 is 4.74 Å². The standard InChI is InChI=1S/C11H12F2N2O/c12-10-2-1-3-11(13)9(10)8-14-15-4-6-16-7-5-15/h1-3,8H,4-7H2/b14-8+. The zero-order valence-corrected chi connectivity index (χ0v) is 8.70. The number of ether oxygens (including phenoxy) is 1. The number of benzene rings is 1. The number of morpholine rings is 1. The van der Waals surface area contributed by atoms with Gasteiger partial charge in [-0.05, 0) is 12.1 Å². The van der Waals surface area contributed by atoms with Crippen molar-refractivity contribution in [2.75, 3.05) is 26.3 Å². The highest BCUT2D eigenvalue weighted by Crippen LogP contribution is 2.09. The van der Waals surface area contributed by atoms with Crippen molar-refractivity contribution in [3.8, 4) is 0 Å². The van der Waals surface area contributed by atoms with Gasteiger partial charge in [0.25, 0.3) is 0 Å². The highest BCUT2D eigenvalue weighted by molar-refractivity contribution is 5.80. The summed E-state index contributed by atoms with van der Waals surface area (Å²) in [5.41, 5.74) is -0.103. The van der Waals surface area contributed by atoms with Gasteiger partial charge in [0.15, 0.2) is 0 Å². The van der Waals surface area contributed by atoms with Crippen LogP contribution in [0.1, 0.15) is 5.56 Å². The molecule has 5 heteroatoms. The van der Waals surface area contributed by atoms with Crippen LogP contribution in [0.4, 0.5) is 8.78 Å². The van der Waals surface area contributed by atoms with E-state index in [2.05, 4.69) is 5.10 Å². The number of hydrogen-bond donors (Lipinski definition) is 0. The third kappa shape index (κ3) is 2.55. The van der Waals surface area contributed by atoms with E-state index in [-0.39, 0.29) is 5.56 Å². The lowest BCUT2D eigenvalue weighted by molar-refractivity contribution is 0.0396. The second kappa shape index (κ2) is 5.03. The molecule has 0 aromatic heterocycles. The third-order valence-electron chi connectivity index (χ3n) is 2.34. The van der Waals surface area contributed by atoms with E-state index >= 15 is 0 Å².